The highest BCUT2D eigenvalue weighted by Gasteiger charge is 2.17. The number of nitrogens with one attached hydrogen (secondary N) is 2. The topological polar surface area (TPSA) is 35.9 Å². The zero-order chi connectivity index (χ0) is 11.3. The predicted molar refractivity (Wildman–Crippen MR) is 66.2 cm³/mol. The normalized spacial score (nSPS) is 26.5. The van der Waals surface area contributed by atoms with Crippen molar-refractivity contribution in [2.45, 2.75) is 45.6 Å². The second-order valence-electron chi connectivity index (χ2n) is 4.69. The van der Waals surface area contributed by atoms with Crippen LogP contribution in [0.3, 0.4) is 0 Å². The molecule has 0 spiro atoms. The Hall–Kier alpha value is -1.05. The fourth-order valence-corrected chi connectivity index (χ4v) is 1.90. The average Bonchev–Trinajstić information content (AvgIpc) is 2.19. The molecule has 0 aliphatic heterocycles. The molecule has 0 aromatic carbocycles. The number of amidine groups is 1. The first-order valence-corrected chi connectivity index (χ1v) is 5.76. The Bertz CT molecular complexity index is 258. The monoisotopic (exact) mass is 206 g/mol. The largest absolute Gasteiger partial charge is 0.368 e. The van der Waals surface area contributed by atoms with Gasteiger partial charge in [-0.15, -0.1) is 0 Å². The van der Waals surface area contributed by atoms with E-state index in [9.17, 15) is 0 Å². The van der Waals surface area contributed by atoms with Crippen molar-refractivity contribution in [3.8, 4) is 0 Å². The first-order chi connectivity index (χ1) is 7.08. The fourth-order valence-electron chi connectivity index (χ4n) is 1.90. The molecule has 1 aliphatic carbocycles. The van der Waals surface area contributed by atoms with Gasteiger partial charge in [0, 0.05) is 6.04 Å². The van der Waals surface area contributed by atoms with Gasteiger partial charge in [0.15, 0.2) is 0 Å². The molecule has 0 atom stereocenters. The molecule has 0 bridgehead atoms. The summed E-state index contributed by atoms with van der Waals surface area (Å²) in [5.74, 6) is 1.38. The van der Waals surface area contributed by atoms with E-state index in [0.717, 1.165) is 11.5 Å². The third-order valence-corrected chi connectivity index (χ3v) is 2.91. The summed E-state index contributed by atoms with van der Waals surface area (Å²) in [6.45, 7) is 8.02. The van der Waals surface area contributed by atoms with Gasteiger partial charge in [-0.1, -0.05) is 25.2 Å². The minimum atomic E-state index is 0.503. The summed E-state index contributed by atoms with van der Waals surface area (Å²) in [4.78, 5) is 0. The van der Waals surface area contributed by atoms with Crippen LogP contribution in [0.5, 0.6) is 0 Å². The van der Waals surface area contributed by atoms with Crippen LogP contribution in [0, 0.1) is 11.3 Å². The second-order valence-corrected chi connectivity index (χ2v) is 4.69. The van der Waals surface area contributed by atoms with Crippen LogP contribution in [0.2, 0.25) is 0 Å². The van der Waals surface area contributed by atoms with Gasteiger partial charge in [0.1, 0.15) is 5.84 Å². The quantitative estimate of drug-likeness (QED) is 0.415. The molecule has 0 saturated heterocycles. The van der Waals surface area contributed by atoms with Gasteiger partial charge in [-0.25, -0.2) is 0 Å². The molecular formula is C13H22N2. The summed E-state index contributed by atoms with van der Waals surface area (Å²) in [7, 11) is 0. The molecule has 2 nitrogen and oxygen atoms in total. The first-order valence-electron chi connectivity index (χ1n) is 5.76. The molecule has 0 aromatic heterocycles. The molecule has 0 heterocycles. The van der Waals surface area contributed by atoms with E-state index in [1.807, 2.05) is 13.0 Å². The minimum absolute atomic E-state index is 0.503. The van der Waals surface area contributed by atoms with E-state index in [0.29, 0.717) is 11.9 Å². The molecule has 1 rings (SSSR count). The van der Waals surface area contributed by atoms with Crippen LogP contribution in [0.15, 0.2) is 24.3 Å². The fraction of sp³-hybridized carbons (Fsp3) is 0.615. The molecule has 1 aliphatic rings. The lowest BCUT2D eigenvalue weighted by Gasteiger charge is -2.27. The molecular weight excluding hydrogens is 184 g/mol. The van der Waals surface area contributed by atoms with Crippen molar-refractivity contribution in [3.05, 3.63) is 24.3 Å². The Morgan fingerprint density at radius 3 is 2.40 bits per heavy atom. The van der Waals surface area contributed by atoms with Crippen LogP contribution < -0.4 is 5.32 Å². The first kappa shape index (κ1) is 12.0. The average molecular weight is 206 g/mol. The molecule has 2 heteroatoms. The van der Waals surface area contributed by atoms with Crippen molar-refractivity contribution in [2.24, 2.45) is 5.92 Å². The van der Waals surface area contributed by atoms with Crippen LogP contribution in [0.1, 0.15) is 39.5 Å². The molecule has 0 unspecified atom stereocenters. The van der Waals surface area contributed by atoms with Gasteiger partial charge in [-0.2, -0.15) is 0 Å². The smallest absolute Gasteiger partial charge is 0.118 e. The molecule has 1 fully saturated rings. The summed E-state index contributed by atoms with van der Waals surface area (Å²) < 4.78 is 0. The van der Waals surface area contributed by atoms with E-state index in [1.54, 1.807) is 6.08 Å². The third kappa shape index (κ3) is 4.82. The van der Waals surface area contributed by atoms with Crippen molar-refractivity contribution >= 4 is 5.84 Å². The van der Waals surface area contributed by atoms with E-state index in [-0.39, 0.29) is 0 Å². The lowest BCUT2D eigenvalue weighted by Crippen LogP contribution is -2.36. The van der Waals surface area contributed by atoms with Crippen LogP contribution in [0.25, 0.3) is 0 Å². The Labute approximate surface area is 93.0 Å². The number of rotatable bonds is 3. The van der Waals surface area contributed by atoms with Gasteiger partial charge in [-0.05, 0) is 44.6 Å². The van der Waals surface area contributed by atoms with Gasteiger partial charge < -0.3 is 5.32 Å². The SMILES string of the molecule is C=C(C)/C=C\C(=N)NC1CCC(C)CC1. The lowest BCUT2D eigenvalue weighted by molar-refractivity contribution is 0.331. The third-order valence-electron chi connectivity index (χ3n) is 2.91. The van der Waals surface area contributed by atoms with E-state index in [4.69, 9.17) is 5.41 Å². The van der Waals surface area contributed by atoms with Gasteiger partial charge >= 0.3 is 0 Å². The van der Waals surface area contributed by atoms with Crippen LogP contribution in [-0.4, -0.2) is 11.9 Å². The number of hydrogen-bond donors (Lipinski definition) is 2. The van der Waals surface area contributed by atoms with Gasteiger partial charge in [0.05, 0.1) is 0 Å². The van der Waals surface area contributed by atoms with E-state index in [1.165, 1.54) is 25.7 Å². The van der Waals surface area contributed by atoms with Crippen molar-refractivity contribution in [3.63, 3.8) is 0 Å². The molecule has 15 heavy (non-hydrogen) atoms. The zero-order valence-electron chi connectivity index (χ0n) is 9.84. The molecule has 84 valence electrons. The Morgan fingerprint density at radius 1 is 1.27 bits per heavy atom. The summed E-state index contributed by atoms with van der Waals surface area (Å²) in [6.07, 6.45) is 8.64. The van der Waals surface area contributed by atoms with Gasteiger partial charge in [0.25, 0.3) is 0 Å². The van der Waals surface area contributed by atoms with Gasteiger partial charge in [-0.3, -0.25) is 5.41 Å². The van der Waals surface area contributed by atoms with Crippen molar-refractivity contribution in [1.82, 2.24) is 5.32 Å². The summed E-state index contributed by atoms with van der Waals surface area (Å²) in [6, 6.07) is 0.503. The highest BCUT2D eigenvalue weighted by Crippen LogP contribution is 2.23. The lowest BCUT2D eigenvalue weighted by atomic mass is 9.87. The Morgan fingerprint density at radius 2 is 1.87 bits per heavy atom. The molecule has 0 radical (unpaired) electrons. The molecule has 0 amide bonds. The summed E-state index contributed by atoms with van der Waals surface area (Å²) in [5, 5.41) is 11.0. The van der Waals surface area contributed by atoms with E-state index in [2.05, 4.69) is 18.8 Å². The van der Waals surface area contributed by atoms with E-state index < -0.39 is 0 Å². The second kappa shape index (κ2) is 5.74. The van der Waals surface area contributed by atoms with Crippen molar-refractivity contribution < 1.29 is 0 Å². The minimum Gasteiger partial charge on any atom is -0.368 e. The standard InChI is InChI=1S/C13H22N2/c1-10(2)4-9-13(14)15-12-7-5-11(3)6-8-12/h4,9,11-12H,1,5-8H2,2-3H3,(H2,14,15)/b9-4-. The highest BCUT2D eigenvalue weighted by molar-refractivity contribution is 5.90. The van der Waals surface area contributed by atoms with Crippen LogP contribution >= 0.6 is 0 Å². The van der Waals surface area contributed by atoms with Gasteiger partial charge in [0.2, 0.25) is 0 Å². The summed E-state index contributed by atoms with van der Waals surface area (Å²) in [5.41, 5.74) is 0.985. The summed E-state index contributed by atoms with van der Waals surface area (Å²) >= 11 is 0. The Kier molecular flexibility index (Phi) is 4.60. The predicted octanol–water partition coefficient (Wildman–Crippen LogP) is 3.26. The molecule has 1 saturated carbocycles. The highest BCUT2D eigenvalue weighted by atomic mass is 15.0. The van der Waals surface area contributed by atoms with Crippen LogP contribution in [0.4, 0.5) is 0 Å². The molecule has 0 aromatic rings. The Balaban J connectivity index is 2.29. The van der Waals surface area contributed by atoms with Crippen molar-refractivity contribution in [1.29, 1.82) is 5.41 Å². The maximum atomic E-state index is 7.73. The zero-order valence-corrected chi connectivity index (χ0v) is 9.84. The number of allylic oxidation sites excluding steroid dienone is 2. The maximum Gasteiger partial charge on any atom is 0.118 e. The van der Waals surface area contributed by atoms with Crippen molar-refractivity contribution in [2.75, 3.05) is 0 Å². The van der Waals surface area contributed by atoms with E-state index >= 15 is 0 Å². The maximum absolute atomic E-state index is 7.73. The molecule has 2 N–H and O–H groups in total. The van der Waals surface area contributed by atoms with Crippen LogP contribution in [-0.2, 0) is 0 Å². The number of hydrogen-bond acceptors (Lipinski definition) is 1.